The van der Waals surface area contributed by atoms with Crippen LogP contribution >= 0.6 is 11.6 Å². The summed E-state index contributed by atoms with van der Waals surface area (Å²) in [6.45, 7) is 0. The molecular weight excluding hydrogens is 266 g/mol. The summed E-state index contributed by atoms with van der Waals surface area (Å²) in [5.41, 5.74) is 1.20. The topological polar surface area (TPSA) is 52.3 Å². The number of oxazole rings is 1. The van der Waals surface area contributed by atoms with Crippen molar-refractivity contribution in [1.29, 1.82) is 0 Å². The van der Waals surface area contributed by atoms with Crippen molar-refractivity contribution in [3.63, 3.8) is 0 Å². The molecule has 0 N–H and O–H groups in total. The van der Waals surface area contributed by atoms with Crippen molar-refractivity contribution in [2.75, 3.05) is 7.11 Å². The largest absolute Gasteiger partial charge is 0.469 e. The SMILES string of the molecule is COC(=O)C12CC(c3nc4cc(Cl)ccc4o3)(C1)C2. The van der Waals surface area contributed by atoms with E-state index >= 15 is 0 Å². The van der Waals surface area contributed by atoms with Crippen molar-refractivity contribution in [3.8, 4) is 0 Å². The van der Waals surface area contributed by atoms with E-state index in [2.05, 4.69) is 4.98 Å². The first-order valence-corrected chi connectivity index (χ1v) is 6.60. The van der Waals surface area contributed by atoms with Crippen LogP contribution in [-0.4, -0.2) is 18.1 Å². The van der Waals surface area contributed by atoms with Crippen LogP contribution in [0.1, 0.15) is 25.2 Å². The second kappa shape index (κ2) is 3.31. The van der Waals surface area contributed by atoms with E-state index in [1.54, 1.807) is 12.1 Å². The average molecular weight is 278 g/mol. The summed E-state index contributed by atoms with van der Waals surface area (Å²) in [5, 5.41) is 0.649. The number of ether oxygens (including phenoxy) is 1. The molecule has 5 heteroatoms. The number of methoxy groups -OCH3 is 1. The maximum absolute atomic E-state index is 11.7. The van der Waals surface area contributed by atoms with Crippen LogP contribution in [0.3, 0.4) is 0 Å². The van der Waals surface area contributed by atoms with E-state index in [0.29, 0.717) is 5.02 Å². The molecule has 2 bridgehead atoms. The molecule has 1 aromatic heterocycles. The molecule has 0 atom stereocenters. The number of halogens is 1. The van der Waals surface area contributed by atoms with Crippen LogP contribution in [0, 0.1) is 5.41 Å². The van der Waals surface area contributed by atoms with Gasteiger partial charge in [-0.2, -0.15) is 0 Å². The number of benzene rings is 1. The Morgan fingerprint density at radius 1 is 1.42 bits per heavy atom. The highest BCUT2D eigenvalue weighted by Crippen LogP contribution is 2.73. The van der Waals surface area contributed by atoms with Crippen LogP contribution in [-0.2, 0) is 14.9 Å². The van der Waals surface area contributed by atoms with Gasteiger partial charge < -0.3 is 9.15 Å². The third-order valence-electron chi connectivity index (χ3n) is 4.45. The number of hydrogen-bond donors (Lipinski definition) is 0. The highest BCUT2D eigenvalue weighted by atomic mass is 35.5. The van der Waals surface area contributed by atoms with Gasteiger partial charge in [0.05, 0.1) is 17.9 Å². The van der Waals surface area contributed by atoms with Crippen molar-refractivity contribution >= 4 is 28.7 Å². The Morgan fingerprint density at radius 2 is 2.16 bits per heavy atom. The van der Waals surface area contributed by atoms with Crippen LogP contribution in [0.25, 0.3) is 11.1 Å². The van der Waals surface area contributed by atoms with E-state index in [-0.39, 0.29) is 16.8 Å². The Labute approximate surface area is 114 Å². The predicted octanol–water partition coefficient (Wildman–Crippen LogP) is 3.08. The monoisotopic (exact) mass is 277 g/mol. The van der Waals surface area contributed by atoms with Gasteiger partial charge in [0.1, 0.15) is 5.52 Å². The molecule has 0 aliphatic heterocycles. The molecule has 3 aliphatic carbocycles. The van der Waals surface area contributed by atoms with Gasteiger partial charge >= 0.3 is 5.97 Å². The zero-order chi connectivity index (χ0) is 13.3. The third kappa shape index (κ3) is 1.30. The van der Waals surface area contributed by atoms with Crippen molar-refractivity contribution in [1.82, 2.24) is 4.98 Å². The molecule has 3 aliphatic rings. The zero-order valence-corrected chi connectivity index (χ0v) is 11.2. The van der Waals surface area contributed by atoms with Crippen LogP contribution in [0.5, 0.6) is 0 Å². The molecule has 0 spiro atoms. The van der Waals surface area contributed by atoms with Crippen LogP contribution in [0.15, 0.2) is 22.6 Å². The number of hydrogen-bond acceptors (Lipinski definition) is 4. The molecule has 4 nitrogen and oxygen atoms in total. The lowest BCUT2D eigenvalue weighted by Gasteiger charge is -2.66. The van der Waals surface area contributed by atoms with Gasteiger partial charge in [-0.25, -0.2) is 4.98 Å². The zero-order valence-electron chi connectivity index (χ0n) is 10.4. The predicted molar refractivity (Wildman–Crippen MR) is 69.0 cm³/mol. The summed E-state index contributed by atoms with van der Waals surface area (Å²) >= 11 is 5.94. The number of esters is 1. The van der Waals surface area contributed by atoms with Gasteiger partial charge in [0.25, 0.3) is 0 Å². The van der Waals surface area contributed by atoms with Gasteiger partial charge in [-0.05, 0) is 37.5 Å². The first-order chi connectivity index (χ1) is 9.07. The highest BCUT2D eigenvalue weighted by molar-refractivity contribution is 6.31. The van der Waals surface area contributed by atoms with Crippen LogP contribution < -0.4 is 0 Å². The van der Waals surface area contributed by atoms with E-state index in [1.807, 2.05) is 6.07 Å². The van der Waals surface area contributed by atoms with E-state index in [1.165, 1.54) is 7.11 Å². The van der Waals surface area contributed by atoms with Crippen LogP contribution in [0.2, 0.25) is 5.02 Å². The van der Waals surface area contributed by atoms with Gasteiger partial charge in [0, 0.05) is 5.02 Å². The Kier molecular flexibility index (Phi) is 1.97. The maximum Gasteiger partial charge on any atom is 0.311 e. The summed E-state index contributed by atoms with van der Waals surface area (Å²) in [5.74, 6) is 0.629. The minimum absolute atomic E-state index is 0.0559. The first kappa shape index (κ1) is 11.3. The lowest BCUT2D eigenvalue weighted by molar-refractivity contribution is -0.202. The number of nitrogens with zero attached hydrogens (tertiary/aromatic N) is 1. The summed E-state index contributed by atoms with van der Waals surface area (Å²) < 4.78 is 10.6. The Balaban J connectivity index is 1.66. The Morgan fingerprint density at radius 3 is 2.84 bits per heavy atom. The van der Waals surface area contributed by atoms with Crippen molar-refractivity contribution in [3.05, 3.63) is 29.1 Å². The normalized spacial score (nSPS) is 31.7. The molecule has 0 unspecified atom stereocenters. The highest BCUT2D eigenvalue weighted by Gasteiger charge is 2.75. The number of aromatic nitrogens is 1. The minimum Gasteiger partial charge on any atom is -0.469 e. The van der Waals surface area contributed by atoms with Gasteiger partial charge in [0.2, 0.25) is 5.89 Å². The molecule has 0 saturated heterocycles. The smallest absolute Gasteiger partial charge is 0.311 e. The number of carbonyl (C=O) groups excluding carboxylic acids is 1. The van der Waals surface area contributed by atoms with Crippen molar-refractivity contribution in [2.24, 2.45) is 5.41 Å². The summed E-state index contributed by atoms with van der Waals surface area (Å²) in [6, 6.07) is 5.41. The molecule has 98 valence electrons. The molecule has 5 rings (SSSR count). The Hall–Kier alpha value is -1.55. The van der Waals surface area contributed by atoms with Gasteiger partial charge in [-0.3, -0.25) is 4.79 Å². The molecule has 2 aromatic rings. The Bertz CT molecular complexity index is 686. The molecule has 0 amide bonds. The summed E-state index contributed by atoms with van der Waals surface area (Å²) in [7, 11) is 1.44. The number of carbonyl (C=O) groups is 1. The second-order valence-corrected chi connectivity index (χ2v) is 6.15. The van der Waals surface area contributed by atoms with E-state index in [9.17, 15) is 4.79 Å². The van der Waals surface area contributed by atoms with E-state index in [0.717, 1.165) is 36.3 Å². The molecule has 19 heavy (non-hydrogen) atoms. The lowest BCUT2D eigenvalue weighted by Crippen LogP contribution is -2.68. The van der Waals surface area contributed by atoms with Gasteiger partial charge in [-0.1, -0.05) is 11.6 Å². The van der Waals surface area contributed by atoms with E-state index < -0.39 is 0 Å². The summed E-state index contributed by atoms with van der Waals surface area (Å²) in [6.07, 6.45) is 2.35. The fourth-order valence-corrected chi connectivity index (χ4v) is 3.74. The minimum atomic E-state index is -0.271. The molecule has 3 saturated carbocycles. The van der Waals surface area contributed by atoms with Gasteiger partial charge in [-0.15, -0.1) is 0 Å². The fraction of sp³-hybridized carbons (Fsp3) is 0.429. The van der Waals surface area contributed by atoms with E-state index in [4.69, 9.17) is 20.8 Å². The number of fused-ring (bicyclic) bond motifs is 1. The van der Waals surface area contributed by atoms with Crippen molar-refractivity contribution in [2.45, 2.75) is 24.7 Å². The lowest BCUT2D eigenvalue weighted by atomic mass is 9.35. The standard InChI is InChI=1S/C14H12ClNO3/c1-18-12(17)14-5-13(6-14,7-14)11-16-9-4-8(15)2-3-10(9)19-11/h2-4H,5-7H2,1H3. The molecular formula is C14H12ClNO3. The number of rotatable bonds is 2. The maximum atomic E-state index is 11.7. The molecule has 0 radical (unpaired) electrons. The van der Waals surface area contributed by atoms with Crippen LogP contribution in [0.4, 0.5) is 0 Å². The van der Waals surface area contributed by atoms with Crippen molar-refractivity contribution < 1.29 is 13.9 Å². The second-order valence-electron chi connectivity index (χ2n) is 5.71. The fourth-order valence-electron chi connectivity index (χ4n) is 3.58. The third-order valence-corrected chi connectivity index (χ3v) is 4.69. The molecule has 3 fully saturated rings. The molecule has 1 aromatic carbocycles. The quantitative estimate of drug-likeness (QED) is 0.792. The molecule has 1 heterocycles. The first-order valence-electron chi connectivity index (χ1n) is 6.22. The summed E-state index contributed by atoms with van der Waals surface area (Å²) in [4.78, 5) is 16.2. The van der Waals surface area contributed by atoms with Gasteiger partial charge in [0.15, 0.2) is 5.58 Å². The average Bonchev–Trinajstić information content (AvgIpc) is 2.67.